The molecule has 0 spiro atoms. The van der Waals surface area contributed by atoms with Gasteiger partial charge in [-0.1, -0.05) is 29.8 Å². The Labute approximate surface area is 172 Å². The van der Waals surface area contributed by atoms with Crippen molar-refractivity contribution in [3.8, 4) is 11.8 Å². The number of anilines is 1. The molecule has 0 amide bonds. The van der Waals surface area contributed by atoms with E-state index in [2.05, 4.69) is 45.9 Å². The number of nitrogen functional groups attached to an aromatic ring is 1. The first-order chi connectivity index (χ1) is 14.1. The molecule has 1 aliphatic rings. The summed E-state index contributed by atoms with van der Waals surface area (Å²) in [6.07, 6.45) is 7.90. The summed E-state index contributed by atoms with van der Waals surface area (Å²) in [6, 6.07) is 10.6. The van der Waals surface area contributed by atoms with Crippen LogP contribution in [0.3, 0.4) is 0 Å². The predicted octanol–water partition coefficient (Wildman–Crippen LogP) is 2.84. The van der Waals surface area contributed by atoms with Crippen LogP contribution in [0.2, 0.25) is 0 Å². The third kappa shape index (κ3) is 5.17. The SMILES string of the molecule is CCNC(=NCCCc1nn(-c2ccc(C)cc2)c(N)c1C#N)NC1CC=CC1. The summed E-state index contributed by atoms with van der Waals surface area (Å²) in [5, 5.41) is 20.9. The van der Waals surface area contributed by atoms with E-state index in [1.807, 2.05) is 31.2 Å². The molecular formula is C22H29N7. The molecule has 1 heterocycles. The number of aliphatic imine (C=N–C) groups is 1. The van der Waals surface area contributed by atoms with Crippen molar-refractivity contribution in [1.29, 1.82) is 5.26 Å². The van der Waals surface area contributed by atoms with Gasteiger partial charge in [-0.15, -0.1) is 0 Å². The molecule has 0 atom stereocenters. The molecular weight excluding hydrogens is 362 g/mol. The second-order valence-corrected chi connectivity index (χ2v) is 7.21. The number of hydrogen-bond acceptors (Lipinski definition) is 4. The van der Waals surface area contributed by atoms with E-state index < -0.39 is 0 Å². The second kappa shape index (κ2) is 9.78. The molecule has 1 aromatic carbocycles. The lowest BCUT2D eigenvalue weighted by Gasteiger charge is -2.16. The molecule has 0 aliphatic heterocycles. The van der Waals surface area contributed by atoms with E-state index in [-0.39, 0.29) is 0 Å². The normalized spacial score (nSPS) is 14.2. The molecule has 152 valence electrons. The van der Waals surface area contributed by atoms with Gasteiger partial charge >= 0.3 is 0 Å². The van der Waals surface area contributed by atoms with Gasteiger partial charge in [-0.25, -0.2) is 4.68 Å². The third-order valence-electron chi connectivity index (χ3n) is 4.92. The van der Waals surface area contributed by atoms with Crippen LogP contribution in [0.15, 0.2) is 41.4 Å². The van der Waals surface area contributed by atoms with E-state index in [9.17, 15) is 5.26 Å². The van der Waals surface area contributed by atoms with Gasteiger partial charge in [-0.05, 0) is 51.7 Å². The molecule has 0 unspecified atom stereocenters. The summed E-state index contributed by atoms with van der Waals surface area (Å²) in [6.45, 7) is 5.56. The number of guanidine groups is 1. The minimum atomic E-state index is 0.388. The number of nitrogens with one attached hydrogen (secondary N) is 2. The summed E-state index contributed by atoms with van der Waals surface area (Å²) in [5.41, 5.74) is 9.39. The van der Waals surface area contributed by atoms with E-state index in [1.165, 1.54) is 0 Å². The lowest BCUT2D eigenvalue weighted by molar-refractivity contribution is 0.632. The number of hydrogen-bond donors (Lipinski definition) is 3. The van der Waals surface area contributed by atoms with Crippen LogP contribution in [0.1, 0.15) is 43.0 Å². The Balaban J connectivity index is 1.64. The van der Waals surface area contributed by atoms with Crippen molar-refractivity contribution in [3.05, 3.63) is 53.2 Å². The van der Waals surface area contributed by atoms with E-state index in [0.717, 1.165) is 48.7 Å². The van der Waals surface area contributed by atoms with Gasteiger partial charge in [-0.2, -0.15) is 10.4 Å². The van der Waals surface area contributed by atoms with Crippen molar-refractivity contribution in [3.63, 3.8) is 0 Å². The van der Waals surface area contributed by atoms with Gasteiger partial charge < -0.3 is 16.4 Å². The van der Waals surface area contributed by atoms with Crippen LogP contribution in [-0.4, -0.2) is 34.9 Å². The maximum Gasteiger partial charge on any atom is 0.191 e. The fourth-order valence-corrected chi connectivity index (χ4v) is 3.34. The van der Waals surface area contributed by atoms with Gasteiger partial charge in [0, 0.05) is 19.1 Å². The maximum atomic E-state index is 9.54. The first kappa shape index (κ1) is 20.5. The first-order valence-electron chi connectivity index (χ1n) is 10.2. The molecule has 0 bridgehead atoms. The minimum Gasteiger partial charge on any atom is -0.382 e. The molecule has 3 rings (SSSR count). The Morgan fingerprint density at radius 1 is 1.31 bits per heavy atom. The van der Waals surface area contributed by atoms with Gasteiger partial charge in [0.1, 0.15) is 17.5 Å². The predicted molar refractivity (Wildman–Crippen MR) is 117 cm³/mol. The Kier molecular flexibility index (Phi) is 6.90. The molecule has 4 N–H and O–H groups in total. The first-order valence-corrected chi connectivity index (χ1v) is 10.2. The van der Waals surface area contributed by atoms with Gasteiger partial charge in [0.15, 0.2) is 5.96 Å². The minimum absolute atomic E-state index is 0.388. The number of nitrogens with zero attached hydrogens (tertiary/aromatic N) is 4. The topological polar surface area (TPSA) is 104 Å². The van der Waals surface area contributed by atoms with Crippen molar-refractivity contribution in [2.75, 3.05) is 18.8 Å². The zero-order valence-electron chi connectivity index (χ0n) is 17.2. The van der Waals surface area contributed by atoms with Crippen molar-refractivity contribution < 1.29 is 0 Å². The van der Waals surface area contributed by atoms with Gasteiger partial charge in [0.2, 0.25) is 0 Å². The maximum absolute atomic E-state index is 9.54. The number of benzene rings is 1. The van der Waals surface area contributed by atoms with Crippen LogP contribution in [0.4, 0.5) is 5.82 Å². The third-order valence-corrected chi connectivity index (χ3v) is 4.92. The van der Waals surface area contributed by atoms with Crippen LogP contribution < -0.4 is 16.4 Å². The number of aryl methyl sites for hydroxylation is 2. The lowest BCUT2D eigenvalue weighted by Crippen LogP contribution is -2.42. The molecule has 0 saturated heterocycles. The van der Waals surface area contributed by atoms with E-state index in [1.54, 1.807) is 4.68 Å². The van der Waals surface area contributed by atoms with Crippen molar-refractivity contribution in [1.82, 2.24) is 20.4 Å². The highest BCUT2D eigenvalue weighted by atomic mass is 15.3. The van der Waals surface area contributed by atoms with Crippen LogP contribution in [0.5, 0.6) is 0 Å². The Morgan fingerprint density at radius 2 is 2.03 bits per heavy atom. The second-order valence-electron chi connectivity index (χ2n) is 7.21. The molecule has 0 saturated carbocycles. The molecule has 0 fully saturated rings. The zero-order chi connectivity index (χ0) is 20.6. The Morgan fingerprint density at radius 3 is 2.69 bits per heavy atom. The fraction of sp³-hybridized carbons (Fsp3) is 0.409. The summed E-state index contributed by atoms with van der Waals surface area (Å²) in [4.78, 5) is 4.66. The van der Waals surface area contributed by atoms with Crippen LogP contribution >= 0.6 is 0 Å². The van der Waals surface area contributed by atoms with Gasteiger partial charge in [0.25, 0.3) is 0 Å². The molecule has 7 nitrogen and oxygen atoms in total. The smallest absolute Gasteiger partial charge is 0.191 e. The zero-order valence-corrected chi connectivity index (χ0v) is 17.2. The number of nitriles is 1. The summed E-state index contributed by atoms with van der Waals surface area (Å²) in [5.74, 6) is 1.23. The standard InChI is InChI=1S/C22H29N7/c1-3-25-22(27-17-7-4-5-8-17)26-14-6-9-20-19(15-23)21(24)29(28-20)18-12-10-16(2)11-13-18/h4-5,10-13,17H,3,6-9,14,24H2,1-2H3,(H2,25,26,27). The van der Waals surface area contributed by atoms with Gasteiger partial charge in [0.05, 0.1) is 11.4 Å². The van der Waals surface area contributed by atoms with Crippen LogP contribution in [-0.2, 0) is 6.42 Å². The van der Waals surface area contributed by atoms with Crippen molar-refractivity contribution in [2.45, 2.75) is 45.6 Å². The highest BCUT2D eigenvalue weighted by Gasteiger charge is 2.16. The molecule has 1 aliphatic carbocycles. The fourth-order valence-electron chi connectivity index (χ4n) is 3.34. The number of rotatable bonds is 7. The van der Waals surface area contributed by atoms with Crippen molar-refractivity contribution in [2.24, 2.45) is 4.99 Å². The van der Waals surface area contributed by atoms with Gasteiger partial charge in [-0.3, -0.25) is 4.99 Å². The van der Waals surface area contributed by atoms with E-state index in [0.29, 0.717) is 30.4 Å². The van der Waals surface area contributed by atoms with E-state index >= 15 is 0 Å². The number of nitrogens with two attached hydrogens (primary N) is 1. The van der Waals surface area contributed by atoms with E-state index in [4.69, 9.17) is 5.73 Å². The van der Waals surface area contributed by atoms with Crippen LogP contribution in [0, 0.1) is 18.3 Å². The average Bonchev–Trinajstić information content (AvgIpc) is 3.33. The summed E-state index contributed by atoms with van der Waals surface area (Å²) in [7, 11) is 0. The molecule has 1 aromatic heterocycles. The monoisotopic (exact) mass is 391 g/mol. The summed E-state index contributed by atoms with van der Waals surface area (Å²) >= 11 is 0. The summed E-state index contributed by atoms with van der Waals surface area (Å²) < 4.78 is 1.65. The number of aromatic nitrogens is 2. The average molecular weight is 392 g/mol. The molecule has 2 aromatic rings. The van der Waals surface area contributed by atoms with Crippen molar-refractivity contribution >= 4 is 11.8 Å². The Bertz CT molecular complexity index is 908. The Hall–Kier alpha value is -3.27. The lowest BCUT2D eigenvalue weighted by atomic mass is 10.1. The molecule has 0 radical (unpaired) electrons. The molecule has 7 heteroatoms. The van der Waals surface area contributed by atoms with Crippen LogP contribution in [0.25, 0.3) is 5.69 Å². The quantitative estimate of drug-likeness (QED) is 0.291. The largest absolute Gasteiger partial charge is 0.382 e. The highest BCUT2D eigenvalue weighted by Crippen LogP contribution is 2.21. The molecule has 29 heavy (non-hydrogen) atoms. The highest BCUT2D eigenvalue weighted by molar-refractivity contribution is 5.80.